The molecule has 0 spiro atoms. The number of nitrogens with zero attached hydrogens (tertiary/aromatic N) is 1. The van der Waals surface area contributed by atoms with Gasteiger partial charge in [-0.2, -0.15) is 0 Å². The SMILES string of the molecule is Cc1cc(C(=O)c2c(O)[nH]c3cc(Cl)c(-c4ccc(C(O)(CO)CCl)cc4)cc23)on1. The highest BCUT2D eigenvalue weighted by molar-refractivity contribution is 6.34. The number of hydrogen-bond donors (Lipinski definition) is 4. The number of H-pyrrole nitrogens is 1. The molecule has 0 saturated heterocycles. The Hall–Kier alpha value is -2.84. The fraction of sp³-hybridized carbons (Fsp3) is 0.182. The first kappa shape index (κ1) is 21.4. The number of aryl methyl sites for hydroxylation is 1. The van der Waals surface area contributed by atoms with Crippen LogP contribution in [0, 0.1) is 6.92 Å². The first-order valence-corrected chi connectivity index (χ1v) is 10.2. The minimum Gasteiger partial charge on any atom is -0.494 e. The van der Waals surface area contributed by atoms with Crippen LogP contribution in [-0.2, 0) is 5.60 Å². The second kappa shape index (κ2) is 8.01. The molecule has 0 fully saturated rings. The van der Waals surface area contributed by atoms with Crippen LogP contribution in [0.4, 0.5) is 0 Å². The molecule has 0 amide bonds. The summed E-state index contributed by atoms with van der Waals surface area (Å²) in [5, 5.41) is 34.8. The van der Waals surface area contributed by atoms with Gasteiger partial charge in [0.15, 0.2) is 0 Å². The third kappa shape index (κ3) is 3.70. The number of rotatable bonds is 6. The number of nitrogens with one attached hydrogen (secondary N) is 1. The summed E-state index contributed by atoms with van der Waals surface area (Å²) in [4.78, 5) is 15.7. The van der Waals surface area contributed by atoms with Crippen LogP contribution in [0.1, 0.15) is 27.4 Å². The molecule has 0 aliphatic carbocycles. The molecule has 4 aromatic rings. The average molecular weight is 461 g/mol. The van der Waals surface area contributed by atoms with Gasteiger partial charge in [-0.05, 0) is 30.2 Å². The highest BCUT2D eigenvalue weighted by Crippen LogP contribution is 2.37. The molecule has 2 aromatic heterocycles. The lowest BCUT2D eigenvalue weighted by atomic mass is 9.93. The van der Waals surface area contributed by atoms with E-state index in [4.69, 9.17) is 27.7 Å². The van der Waals surface area contributed by atoms with Crippen molar-refractivity contribution in [3.05, 3.63) is 70.1 Å². The van der Waals surface area contributed by atoms with Crippen LogP contribution in [0.2, 0.25) is 5.02 Å². The van der Waals surface area contributed by atoms with E-state index in [0.29, 0.717) is 38.3 Å². The number of aliphatic hydroxyl groups excluding tert-OH is 1. The molecule has 160 valence electrons. The number of fused-ring (bicyclic) bond motifs is 1. The van der Waals surface area contributed by atoms with Crippen LogP contribution in [0.25, 0.3) is 22.0 Å². The third-order valence-electron chi connectivity index (χ3n) is 5.16. The van der Waals surface area contributed by atoms with Gasteiger partial charge < -0.3 is 24.8 Å². The van der Waals surface area contributed by atoms with Gasteiger partial charge in [0.05, 0.1) is 34.3 Å². The topological polar surface area (TPSA) is 120 Å². The highest BCUT2D eigenvalue weighted by Gasteiger charge is 2.28. The number of halogens is 2. The molecule has 0 bridgehead atoms. The smallest absolute Gasteiger partial charge is 0.237 e. The van der Waals surface area contributed by atoms with Crippen LogP contribution in [-0.4, -0.2) is 43.7 Å². The Labute approximate surface area is 186 Å². The van der Waals surface area contributed by atoms with Gasteiger partial charge in [-0.1, -0.05) is 41.0 Å². The number of ketones is 1. The lowest BCUT2D eigenvalue weighted by Gasteiger charge is -2.23. The van der Waals surface area contributed by atoms with Crippen molar-refractivity contribution < 1.29 is 24.6 Å². The fourth-order valence-electron chi connectivity index (χ4n) is 3.42. The van der Waals surface area contributed by atoms with Crippen LogP contribution < -0.4 is 0 Å². The van der Waals surface area contributed by atoms with E-state index >= 15 is 0 Å². The third-order valence-corrected chi connectivity index (χ3v) is 5.92. The number of alkyl halides is 1. The Bertz CT molecular complexity index is 1270. The first-order chi connectivity index (χ1) is 14.8. The summed E-state index contributed by atoms with van der Waals surface area (Å²) in [6.45, 7) is 1.18. The molecule has 4 N–H and O–H groups in total. The molecule has 1 unspecified atom stereocenters. The maximum atomic E-state index is 12.9. The van der Waals surface area contributed by atoms with Gasteiger partial charge in [0.25, 0.3) is 0 Å². The van der Waals surface area contributed by atoms with Crippen LogP contribution in [0.15, 0.2) is 47.0 Å². The Balaban J connectivity index is 1.81. The molecule has 9 heteroatoms. The van der Waals surface area contributed by atoms with E-state index in [2.05, 4.69) is 10.1 Å². The average Bonchev–Trinajstić information content (AvgIpc) is 3.34. The molecule has 0 aliphatic rings. The molecule has 2 aromatic carbocycles. The summed E-state index contributed by atoms with van der Waals surface area (Å²) in [6, 6.07) is 11.5. The standard InChI is InChI=1S/C22H18Cl2N2O5/c1-11-6-18(31-26-11)20(28)19-15-7-14(16(24)8-17(15)25-21(19)29)12-2-4-13(5-3-12)22(30,9-23)10-27/h2-8,25,27,29-30H,9-10H2,1H3. The molecule has 4 rings (SSSR count). The zero-order valence-electron chi connectivity index (χ0n) is 16.3. The highest BCUT2D eigenvalue weighted by atomic mass is 35.5. The van der Waals surface area contributed by atoms with Crippen molar-refractivity contribution in [3.63, 3.8) is 0 Å². The van der Waals surface area contributed by atoms with Gasteiger partial charge in [-0.15, -0.1) is 11.6 Å². The van der Waals surface area contributed by atoms with E-state index in [1.54, 1.807) is 43.3 Å². The fourth-order valence-corrected chi connectivity index (χ4v) is 3.93. The number of carbonyl (C=O) groups excluding carboxylic acids is 1. The minimum absolute atomic E-state index is 0.0129. The summed E-state index contributed by atoms with van der Waals surface area (Å²) in [7, 11) is 0. The normalized spacial score (nSPS) is 13.5. The van der Waals surface area contributed by atoms with Crippen molar-refractivity contribution in [2.24, 2.45) is 0 Å². The Kier molecular flexibility index (Phi) is 5.53. The van der Waals surface area contributed by atoms with E-state index in [1.807, 2.05) is 0 Å². The summed E-state index contributed by atoms with van der Waals surface area (Å²) in [5.74, 6) is -0.958. The van der Waals surface area contributed by atoms with Gasteiger partial charge in [0, 0.05) is 17.0 Å². The molecular formula is C22H18Cl2N2O5. The molecule has 0 radical (unpaired) electrons. The van der Waals surface area contributed by atoms with Crippen LogP contribution in [0.5, 0.6) is 5.88 Å². The molecular weight excluding hydrogens is 443 g/mol. The van der Waals surface area contributed by atoms with Crippen molar-refractivity contribution in [1.82, 2.24) is 10.1 Å². The molecule has 0 saturated carbocycles. The second-order valence-corrected chi connectivity index (χ2v) is 7.96. The molecule has 1 atom stereocenters. The van der Waals surface area contributed by atoms with Crippen LogP contribution in [0.3, 0.4) is 0 Å². The monoisotopic (exact) mass is 460 g/mol. The van der Waals surface area contributed by atoms with Gasteiger partial charge in [-0.3, -0.25) is 4.79 Å². The minimum atomic E-state index is -1.55. The number of hydrogen-bond acceptors (Lipinski definition) is 6. The molecule has 2 heterocycles. The van der Waals surface area contributed by atoms with Crippen molar-refractivity contribution in [3.8, 4) is 17.0 Å². The quantitative estimate of drug-likeness (QED) is 0.253. The maximum Gasteiger partial charge on any atom is 0.237 e. The van der Waals surface area contributed by atoms with Gasteiger partial charge in [-0.25, -0.2) is 0 Å². The zero-order chi connectivity index (χ0) is 22.3. The number of aromatic amines is 1. The Morgan fingerprint density at radius 2 is 1.94 bits per heavy atom. The predicted octanol–water partition coefficient (Wildman–Crippen LogP) is 4.14. The lowest BCUT2D eigenvalue weighted by molar-refractivity contribution is 0.000948. The van der Waals surface area contributed by atoms with E-state index < -0.39 is 18.0 Å². The zero-order valence-corrected chi connectivity index (χ0v) is 17.8. The summed E-state index contributed by atoms with van der Waals surface area (Å²) < 4.78 is 5.05. The second-order valence-electron chi connectivity index (χ2n) is 7.29. The van der Waals surface area contributed by atoms with Crippen molar-refractivity contribution in [2.45, 2.75) is 12.5 Å². The number of aromatic hydroxyl groups is 1. The lowest BCUT2D eigenvalue weighted by Crippen LogP contribution is -2.32. The van der Waals surface area contributed by atoms with Crippen molar-refractivity contribution in [2.75, 3.05) is 12.5 Å². The predicted molar refractivity (Wildman–Crippen MR) is 117 cm³/mol. The molecule has 0 aliphatic heterocycles. The molecule has 31 heavy (non-hydrogen) atoms. The maximum absolute atomic E-state index is 12.9. The molecule has 7 nitrogen and oxygen atoms in total. The Morgan fingerprint density at radius 1 is 1.23 bits per heavy atom. The summed E-state index contributed by atoms with van der Waals surface area (Å²) >= 11 is 12.2. The summed E-state index contributed by atoms with van der Waals surface area (Å²) in [6.07, 6.45) is 0. The van der Waals surface area contributed by atoms with E-state index in [-0.39, 0.29) is 23.1 Å². The van der Waals surface area contributed by atoms with E-state index in [0.717, 1.165) is 0 Å². The summed E-state index contributed by atoms with van der Waals surface area (Å²) in [5.41, 5.74) is 1.32. The van der Waals surface area contributed by atoms with Gasteiger partial charge in [0.2, 0.25) is 17.4 Å². The Morgan fingerprint density at radius 3 is 2.52 bits per heavy atom. The van der Waals surface area contributed by atoms with Gasteiger partial charge >= 0.3 is 0 Å². The number of aliphatic hydroxyl groups is 2. The van der Waals surface area contributed by atoms with Crippen LogP contribution >= 0.6 is 23.2 Å². The first-order valence-electron chi connectivity index (χ1n) is 9.29. The van der Waals surface area contributed by atoms with Gasteiger partial charge in [0.1, 0.15) is 5.60 Å². The van der Waals surface area contributed by atoms with Crippen molar-refractivity contribution >= 4 is 39.9 Å². The van der Waals surface area contributed by atoms with E-state index in [9.17, 15) is 20.1 Å². The number of aromatic nitrogens is 2. The van der Waals surface area contributed by atoms with Crippen molar-refractivity contribution in [1.29, 1.82) is 0 Å². The van der Waals surface area contributed by atoms with E-state index in [1.165, 1.54) is 6.07 Å². The number of benzene rings is 2. The number of carbonyl (C=O) groups is 1. The largest absolute Gasteiger partial charge is 0.494 e.